The van der Waals surface area contributed by atoms with Crippen LogP contribution in [0, 0.1) is 0 Å². The third-order valence-electron chi connectivity index (χ3n) is 5.90. The van der Waals surface area contributed by atoms with E-state index in [0.717, 1.165) is 69.6 Å². The van der Waals surface area contributed by atoms with Gasteiger partial charge in [0.15, 0.2) is 5.13 Å². The molecule has 2 aromatic rings. The van der Waals surface area contributed by atoms with E-state index in [0.29, 0.717) is 5.91 Å². The van der Waals surface area contributed by atoms with Gasteiger partial charge in [0.05, 0.1) is 16.3 Å². The molecule has 0 radical (unpaired) electrons. The number of rotatable bonds is 4. The van der Waals surface area contributed by atoms with Crippen molar-refractivity contribution >= 4 is 32.6 Å². The molecule has 0 spiro atoms. The number of likely N-dealkylation sites (N-methyl/N-ethyl adjacent to an activating group) is 1. The van der Waals surface area contributed by atoms with Crippen molar-refractivity contribution in [1.82, 2.24) is 19.7 Å². The number of anilines is 1. The lowest BCUT2D eigenvalue weighted by atomic mass is 10.2. The first kappa shape index (κ1) is 18.7. The molecule has 2 aliphatic rings. The third-order valence-corrected chi connectivity index (χ3v) is 7.00. The average Bonchev–Trinajstić information content (AvgIpc) is 3.17. The maximum atomic E-state index is 12.9. The normalized spacial score (nSPS) is 21.0. The number of piperazine rings is 2. The maximum Gasteiger partial charge on any atom is 0.239 e. The zero-order valence-corrected chi connectivity index (χ0v) is 17.1. The van der Waals surface area contributed by atoms with Crippen LogP contribution in [0.1, 0.15) is 13.8 Å². The van der Waals surface area contributed by atoms with E-state index in [4.69, 9.17) is 4.98 Å². The number of aromatic nitrogens is 1. The topological polar surface area (TPSA) is 42.9 Å². The van der Waals surface area contributed by atoms with Crippen LogP contribution in [0.3, 0.4) is 0 Å². The summed E-state index contributed by atoms with van der Waals surface area (Å²) in [5.41, 5.74) is 1.08. The van der Waals surface area contributed by atoms with Crippen molar-refractivity contribution in [3.8, 4) is 0 Å². The number of fused-ring (bicyclic) bond motifs is 1. The molecule has 6 nitrogen and oxygen atoms in total. The molecule has 1 unspecified atom stereocenters. The maximum absolute atomic E-state index is 12.9. The molecule has 2 saturated heterocycles. The Bertz CT molecular complexity index is 745. The van der Waals surface area contributed by atoms with Gasteiger partial charge in [-0.15, -0.1) is 0 Å². The summed E-state index contributed by atoms with van der Waals surface area (Å²) in [5.74, 6) is 0.291. The smallest absolute Gasteiger partial charge is 0.239 e. The highest BCUT2D eigenvalue weighted by atomic mass is 32.1. The first-order valence-corrected chi connectivity index (χ1v) is 10.8. The van der Waals surface area contributed by atoms with Crippen molar-refractivity contribution in [3.63, 3.8) is 0 Å². The molecule has 2 fully saturated rings. The van der Waals surface area contributed by atoms with Gasteiger partial charge in [-0.1, -0.05) is 30.4 Å². The Morgan fingerprint density at radius 1 is 1.07 bits per heavy atom. The van der Waals surface area contributed by atoms with Gasteiger partial charge in [-0.2, -0.15) is 0 Å². The number of carbonyl (C=O) groups is 1. The van der Waals surface area contributed by atoms with E-state index >= 15 is 0 Å². The Morgan fingerprint density at radius 3 is 2.44 bits per heavy atom. The molecule has 0 N–H and O–H groups in total. The van der Waals surface area contributed by atoms with Gasteiger partial charge in [0.1, 0.15) is 0 Å². The van der Waals surface area contributed by atoms with Crippen LogP contribution in [0.5, 0.6) is 0 Å². The lowest BCUT2D eigenvalue weighted by Crippen LogP contribution is -2.57. The highest BCUT2D eigenvalue weighted by molar-refractivity contribution is 7.22. The molecule has 27 heavy (non-hydrogen) atoms. The molecule has 0 saturated carbocycles. The molecule has 1 atom stereocenters. The largest absolute Gasteiger partial charge is 0.345 e. The van der Waals surface area contributed by atoms with Crippen molar-refractivity contribution in [2.45, 2.75) is 19.9 Å². The molecule has 7 heteroatoms. The van der Waals surface area contributed by atoms with Crippen LogP contribution < -0.4 is 4.90 Å². The molecular weight excluding hydrogens is 358 g/mol. The number of benzene rings is 1. The highest BCUT2D eigenvalue weighted by Gasteiger charge is 2.30. The Balaban J connectivity index is 1.32. The fraction of sp³-hybridized carbons (Fsp3) is 0.600. The fourth-order valence-electron chi connectivity index (χ4n) is 4.00. The second-order valence-electron chi connectivity index (χ2n) is 7.42. The van der Waals surface area contributed by atoms with Gasteiger partial charge >= 0.3 is 0 Å². The number of amides is 1. The van der Waals surface area contributed by atoms with Crippen LogP contribution in [0.2, 0.25) is 0 Å². The lowest BCUT2D eigenvalue weighted by Gasteiger charge is -2.40. The summed E-state index contributed by atoms with van der Waals surface area (Å²) in [6.07, 6.45) is 0. The molecule has 4 rings (SSSR count). The van der Waals surface area contributed by atoms with E-state index in [1.807, 2.05) is 6.07 Å². The molecule has 3 heterocycles. The summed E-state index contributed by atoms with van der Waals surface area (Å²) in [4.78, 5) is 26.8. The minimum atomic E-state index is -0.0318. The van der Waals surface area contributed by atoms with Crippen LogP contribution in [-0.4, -0.2) is 90.5 Å². The zero-order valence-electron chi connectivity index (χ0n) is 16.3. The SMILES string of the molecule is CCN1CCN(C(=O)C(C)N2CCN(c3nc4ccccc4s3)CC2)CC1. The molecule has 146 valence electrons. The van der Waals surface area contributed by atoms with Gasteiger partial charge in [0.25, 0.3) is 0 Å². The second-order valence-corrected chi connectivity index (χ2v) is 8.43. The summed E-state index contributed by atoms with van der Waals surface area (Å²) in [7, 11) is 0. The van der Waals surface area contributed by atoms with Crippen LogP contribution in [0.4, 0.5) is 5.13 Å². The molecule has 1 aromatic carbocycles. The standard InChI is InChI=1S/C20H29N5OS/c1-3-22-8-10-24(11-9-22)19(26)16(2)23-12-14-25(15-13-23)20-21-17-6-4-5-7-18(17)27-20/h4-7,16H,3,8-15H2,1-2H3. The summed E-state index contributed by atoms with van der Waals surface area (Å²) < 4.78 is 1.24. The van der Waals surface area contributed by atoms with Gasteiger partial charge in [-0.05, 0) is 25.6 Å². The molecule has 0 aliphatic carbocycles. The van der Waals surface area contributed by atoms with Crippen LogP contribution >= 0.6 is 11.3 Å². The third kappa shape index (κ3) is 3.95. The fourth-order valence-corrected chi connectivity index (χ4v) is 5.02. The van der Waals surface area contributed by atoms with Gasteiger partial charge in [-0.3, -0.25) is 9.69 Å². The Kier molecular flexibility index (Phi) is 5.61. The van der Waals surface area contributed by atoms with E-state index in [9.17, 15) is 4.79 Å². The summed E-state index contributed by atoms with van der Waals surface area (Å²) in [6.45, 7) is 12.8. The quantitative estimate of drug-likeness (QED) is 0.803. The van der Waals surface area contributed by atoms with Gasteiger partial charge < -0.3 is 14.7 Å². The van der Waals surface area contributed by atoms with Crippen molar-refractivity contribution < 1.29 is 4.79 Å². The van der Waals surface area contributed by atoms with Gasteiger partial charge in [0, 0.05) is 52.4 Å². The number of hydrogen-bond acceptors (Lipinski definition) is 6. The Hall–Kier alpha value is -1.70. The predicted molar refractivity (Wildman–Crippen MR) is 112 cm³/mol. The van der Waals surface area contributed by atoms with E-state index < -0.39 is 0 Å². The first-order valence-electron chi connectivity index (χ1n) is 10.0. The minimum absolute atomic E-state index is 0.0318. The van der Waals surface area contributed by atoms with E-state index in [1.54, 1.807) is 11.3 Å². The number of para-hydroxylation sites is 1. The Labute approximate surface area is 165 Å². The molecular formula is C20H29N5OS. The van der Waals surface area contributed by atoms with E-state index in [2.05, 4.69) is 51.6 Å². The average molecular weight is 388 g/mol. The molecule has 1 aromatic heterocycles. The molecule has 2 aliphatic heterocycles. The van der Waals surface area contributed by atoms with Crippen molar-refractivity contribution in [1.29, 1.82) is 0 Å². The van der Waals surface area contributed by atoms with Gasteiger partial charge in [0.2, 0.25) is 5.91 Å². The van der Waals surface area contributed by atoms with Crippen LogP contribution in [0.15, 0.2) is 24.3 Å². The highest BCUT2D eigenvalue weighted by Crippen LogP contribution is 2.29. The van der Waals surface area contributed by atoms with Crippen molar-refractivity contribution in [2.24, 2.45) is 0 Å². The monoisotopic (exact) mass is 387 g/mol. The summed E-state index contributed by atoms with van der Waals surface area (Å²) in [5, 5.41) is 1.10. The number of carbonyl (C=O) groups excluding carboxylic acids is 1. The van der Waals surface area contributed by atoms with Crippen LogP contribution in [0.25, 0.3) is 10.2 Å². The van der Waals surface area contributed by atoms with Crippen molar-refractivity contribution in [2.75, 3.05) is 63.8 Å². The minimum Gasteiger partial charge on any atom is -0.345 e. The number of nitrogens with zero attached hydrogens (tertiary/aromatic N) is 5. The first-order chi connectivity index (χ1) is 13.2. The molecule has 1 amide bonds. The molecule has 0 bridgehead atoms. The van der Waals surface area contributed by atoms with Gasteiger partial charge in [-0.25, -0.2) is 4.98 Å². The lowest BCUT2D eigenvalue weighted by molar-refractivity contribution is -0.138. The van der Waals surface area contributed by atoms with Crippen LogP contribution in [-0.2, 0) is 4.79 Å². The predicted octanol–water partition coefficient (Wildman–Crippen LogP) is 1.97. The van der Waals surface area contributed by atoms with E-state index in [-0.39, 0.29) is 6.04 Å². The second kappa shape index (κ2) is 8.12. The zero-order chi connectivity index (χ0) is 18.8. The summed E-state index contributed by atoms with van der Waals surface area (Å²) in [6, 6.07) is 8.28. The number of hydrogen-bond donors (Lipinski definition) is 0. The summed E-state index contributed by atoms with van der Waals surface area (Å²) >= 11 is 1.76. The van der Waals surface area contributed by atoms with Crippen molar-refractivity contribution in [3.05, 3.63) is 24.3 Å². The number of thiazole rings is 1. The van der Waals surface area contributed by atoms with E-state index in [1.165, 1.54) is 4.70 Å². The Morgan fingerprint density at radius 2 is 1.78 bits per heavy atom.